The minimum atomic E-state index is -5.07. The topological polar surface area (TPSA) is 52.6 Å². The summed E-state index contributed by atoms with van der Waals surface area (Å²) in [5.74, 6) is 0. The van der Waals surface area contributed by atoms with Gasteiger partial charge in [-0.05, 0) is 0 Å². The summed E-state index contributed by atoms with van der Waals surface area (Å²) in [5, 5.41) is 0. The van der Waals surface area contributed by atoms with E-state index in [1.807, 2.05) is 0 Å². The first kappa shape index (κ1) is 7.89. The van der Waals surface area contributed by atoms with E-state index in [0.717, 1.165) is 0 Å². The molecule has 0 atom stereocenters. The van der Waals surface area contributed by atoms with Gasteiger partial charge in [-0.2, -0.15) is 0 Å². The van der Waals surface area contributed by atoms with Crippen LogP contribution in [0.25, 0.3) is 0 Å². The molecule has 44 valence electrons. The molecule has 0 aliphatic carbocycles. The van der Waals surface area contributed by atoms with Gasteiger partial charge in [0.1, 0.15) is 0 Å². The fraction of sp³-hybridized carbons (Fsp3) is 0. The quantitative estimate of drug-likeness (QED) is 0.685. The molecule has 0 aromatic heterocycles. The van der Waals surface area contributed by atoms with Gasteiger partial charge in [0.05, 0.1) is 0 Å². The maximum absolute atomic E-state index is 9.77. The fourth-order valence-electron chi connectivity index (χ4n) is 0.00972. The van der Waals surface area contributed by atoms with E-state index in [-0.39, 0.29) is 0 Å². The zero-order valence-electron chi connectivity index (χ0n) is 2.80. The van der Waals surface area contributed by atoms with Crippen molar-refractivity contribution in [3.05, 3.63) is 0 Å². The monoisotopic (exact) mass is 264 g/mol. The molecule has 0 rings (SSSR count). The zero-order chi connectivity index (χ0) is 5.91. The summed E-state index contributed by atoms with van der Waals surface area (Å²) in [6.07, 6.45) is 0. The molecular formula is Cl2O4Te. The molecule has 7 heteroatoms. The Balaban J connectivity index is 3.89. The van der Waals surface area contributed by atoms with Crippen LogP contribution in [-0.4, -0.2) is 19.0 Å². The summed E-state index contributed by atoms with van der Waals surface area (Å²) in [6, 6.07) is 0. The number of halogens is 2. The van der Waals surface area contributed by atoms with E-state index in [1.54, 1.807) is 0 Å². The third-order valence-electron chi connectivity index (χ3n) is 0.154. The molecule has 4 nitrogen and oxygen atoms in total. The molecule has 0 saturated carbocycles. The van der Waals surface area contributed by atoms with E-state index in [2.05, 4.69) is 29.0 Å². The zero-order valence-corrected chi connectivity index (χ0v) is 6.64. The van der Waals surface area contributed by atoms with Crippen molar-refractivity contribution in [3.8, 4) is 0 Å². The second-order valence-corrected chi connectivity index (χ2v) is 5.27. The van der Waals surface area contributed by atoms with Crippen LogP contribution in [-0.2, 0) is 11.5 Å². The van der Waals surface area contributed by atoms with Crippen LogP contribution < -0.4 is 0 Å². The van der Waals surface area contributed by atoms with E-state index >= 15 is 0 Å². The molecule has 0 unspecified atom stereocenters. The van der Waals surface area contributed by atoms with Crippen LogP contribution in [0.2, 0.25) is 0 Å². The van der Waals surface area contributed by atoms with E-state index in [4.69, 9.17) is 0 Å². The molecule has 0 radical (unpaired) electrons. The van der Waals surface area contributed by atoms with E-state index in [9.17, 15) is 6.21 Å². The van der Waals surface area contributed by atoms with Crippen molar-refractivity contribution in [1.29, 1.82) is 0 Å². The molecular weight excluding hydrogens is 263 g/mol. The summed E-state index contributed by atoms with van der Waals surface area (Å²) in [4.78, 5) is 0. The van der Waals surface area contributed by atoms with Gasteiger partial charge in [-0.1, -0.05) is 0 Å². The van der Waals surface area contributed by atoms with Crippen molar-refractivity contribution < 1.29 is 11.5 Å². The molecule has 0 aromatic carbocycles. The Morgan fingerprint density at radius 2 is 1.43 bits per heavy atom. The van der Waals surface area contributed by atoms with Crippen LogP contribution in [0.4, 0.5) is 0 Å². The van der Waals surface area contributed by atoms with Gasteiger partial charge in [-0.3, -0.25) is 0 Å². The van der Waals surface area contributed by atoms with Crippen LogP contribution in [0.15, 0.2) is 0 Å². The molecule has 0 fully saturated rings. The second kappa shape index (κ2) is 3.02. The second-order valence-electron chi connectivity index (χ2n) is 0.534. The third kappa shape index (κ3) is 3.47. The van der Waals surface area contributed by atoms with Crippen molar-refractivity contribution in [2.75, 3.05) is 0 Å². The number of hydrogen-bond donors (Lipinski definition) is 0. The van der Waals surface area contributed by atoms with E-state index < -0.39 is 19.0 Å². The van der Waals surface area contributed by atoms with Gasteiger partial charge in [0.2, 0.25) is 0 Å². The third-order valence-corrected chi connectivity index (χ3v) is 3.11. The molecule has 0 saturated heterocycles. The Kier molecular flexibility index (Phi) is 3.41. The van der Waals surface area contributed by atoms with Crippen molar-refractivity contribution in [2.24, 2.45) is 0 Å². The average molecular weight is 263 g/mol. The summed E-state index contributed by atoms with van der Waals surface area (Å²) >= 11 is 3.61. The number of hydrogen-bond acceptors (Lipinski definition) is 4. The van der Waals surface area contributed by atoms with Crippen LogP contribution in [0.5, 0.6) is 0 Å². The predicted molar refractivity (Wildman–Crippen MR) is 21.0 cm³/mol. The maximum atomic E-state index is 9.77. The molecule has 7 heavy (non-hydrogen) atoms. The first-order chi connectivity index (χ1) is 3.12. The normalized spacial score (nSPS) is 11.7. The molecule has 0 aromatic rings. The van der Waals surface area contributed by atoms with Crippen molar-refractivity contribution in [3.63, 3.8) is 0 Å². The Hall–Kier alpha value is 0.890. The van der Waals surface area contributed by atoms with E-state index in [1.165, 1.54) is 0 Å². The summed E-state index contributed by atoms with van der Waals surface area (Å²) in [6.45, 7) is 0. The first-order valence-corrected chi connectivity index (χ1v) is 5.40. The van der Waals surface area contributed by atoms with Gasteiger partial charge in [-0.15, -0.1) is 0 Å². The van der Waals surface area contributed by atoms with Crippen molar-refractivity contribution >= 4 is 42.7 Å². The molecule has 0 heterocycles. The standard InChI is InChI=1S/Cl2O4Te/c1-5-7(3,4)6-2. The number of rotatable bonds is 2. The first-order valence-electron chi connectivity index (χ1n) is 0.975. The van der Waals surface area contributed by atoms with Gasteiger partial charge in [-0.25, -0.2) is 0 Å². The molecule has 0 aliphatic rings. The minimum absolute atomic E-state index is 3.28. The molecule has 0 spiro atoms. The van der Waals surface area contributed by atoms with Gasteiger partial charge >= 0.3 is 54.2 Å². The van der Waals surface area contributed by atoms with Gasteiger partial charge in [0.25, 0.3) is 0 Å². The Bertz CT molecular complexity index is 113. The fourth-order valence-corrected chi connectivity index (χ4v) is 0.587. The van der Waals surface area contributed by atoms with Crippen LogP contribution in [0, 0.1) is 0 Å². The summed E-state index contributed by atoms with van der Waals surface area (Å²) in [5.41, 5.74) is 0. The SMILES string of the molecule is O=[Te](=O)(OCl)OCl. The van der Waals surface area contributed by atoms with Crippen LogP contribution in [0.3, 0.4) is 0 Å². The average Bonchev–Trinajstić information content (AvgIpc) is 1.68. The van der Waals surface area contributed by atoms with Gasteiger partial charge in [0.15, 0.2) is 0 Å². The molecule has 0 N–H and O–H groups in total. The van der Waals surface area contributed by atoms with Crippen LogP contribution in [0.1, 0.15) is 0 Å². The molecule has 0 bridgehead atoms. The molecule has 0 amide bonds. The molecule has 0 aliphatic heterocycles. The van der Waals surface area contributed by atoms with E-state index in [0.29, 0.717) is 0 Å². The van der Waals surface area contributed by atoms with Crippen molar-refractivity contribution in [1.82, 2.24) is 0 Å². The summed E-state index contributed by atoms with van der Waals surface area (Å²) in [7, 11) is 0. The van der Waals surface area contributed by atoms with Crippen molar-refractivity contribution in [2.45, 2.75) is 0 Å². The predicted octanol–water partition coefficient (Wildman–Crippen LogP) is 0.624. The summed E-state index contributed by atoms with van der Waals surface area (Å²) < 4.78 is 26.1. The van der Waals surface area contributed by atoms with Gasteiger partial charge in [0, 0.05) is 0 Å². The Morgan fingerprint density at radius 3 is 1.43 bits per heavy atom. The van der Waals surface area contributed by atoms with Gasteiger partial charge < -0.3 is 0 Å². The Morgan fingerprint density at radius 1 is 1.14 bits per heavy atom. The Labute approximate surface area is 54.3 Å². The van der Waals surface area contributed by atoms with Crippen LogP contribution >= 0.6 is 23.7 Å².